The van der Waals surface area contributed by atoms with Gasteiger partial charge in [0.25, 0.3) is 0 Å². The zero-order valence-corrected chi connectivity index (χ0v) is 13.0. The van der Waals surface area contributed by atoms with Gasteiger partial charge in [-0.3, -0.25) is 0 Å². The molecule has 0 aliphatic rings. The van der Waals surface area contributed by atoms with Gasteiger partial charge in [0, 0.05) is 12.7 Å². The number of rotatable bonds is 7. The van der Waals surface area contributed by atoms with Crippen LogP contribution in [0.25, 0.3) is 5.69 Å². The zero-order chi connectivity index (χ0) is 15.9. The van der Waals surface area contributed by atoms with Crippen LogP contribution in [0.15, 0.2) is 66.9 Å². The Kier molecular flexibility index (Phi) is 5.19. The molecule has 0 spiro atoms. The summed E-state index contributed by atoms with van der Waals surface area (Å²) < 4.78 is 1.89. The van der Waals surface area contributed by atoms with Gasteiger partial charge in [-0.2, -0.15) is 5.10 Å². The molecule has 2 N–H and O–H groups in total. The Labute approximate surface area is 136 Å². The lowest BCUT2D eigenvalue weighted by Crippen LogP contribution is -2.17. The number of aromatic nitrogens is 2. The van der Waals surface area contributed by atoms with Gasteiger partial charge in [0.05, 0.1) is 18.0 Å². The van der Waals surface area contributed by atoms with Crippen LogP contribution in [0.5, 0.6) is 0 Å². The van der Waals surface area contributed by atoms with E-state index in [1.165, 1.54) is 5.56 Å². The monoisotopic (exact) mass is 307 g/mol. The summed E-state index contributed by atoms with van der Waals surface area (Å²) in [6, 6.07) is 20.2. The van der Waals surface area contributed by atoms with Gasteiger partial charge in [-0.15, -0.1) is 0 Å². The molecule has 3 rings (SSSR count). The molecule has 1 aromatic heterocycles. The molecule has 0 saturated heterocycles. The summed E-state index contributed by atoms with van der Waals surface area (Å²) in [5, 5.41) is 17.0. The Morgan fingerprint density at radius 2 is 1.65 bits per heavy atom. The number of aliphatic hydroxyl groups is 1. The molecule has 0 amide bonds. The van der Waals surface area contributed by atoms with E-state index < -0.39 is 0 Å². The lowest BCUT2D eigenvalue weighted by atomic mass is 10.1. The first-order chi connectivity index (χ1) is 11.3. The highest BCUT2D eigenvalue weighted by molar-refractivity contribution is 5.30. The van der Waals surface area contributed by atoms with Crippen LogP contribution >= 0.6 is 0 Å². The predicted molar refractivity (Wildman–Crippen MR) is 91.3 cm³/mol. The predicted octanol–water partition coefficient (Wildman–Crippen LogP) is 2.70. The first-order valence-corrected chi connectivity index (χ1v) is 7.84. The molecule has 0 bridgehead atoms. The summed E-state index contributed by atoms with van der Waals surface area (Å²) in [5.41, 5.74) is 4.32. The van der Waals surface area contributed by atoms with E-state index in [0.717, 1.165) is 36.5 Å². The number of nitrogens with zero attached hydrogens (tertiary/aromatic N) is 2. The third-order valence-corrected chi connectivity index (χ3v) is 3.77. The fourth-order valence-electron chi connectivity index (χ4n) is 2.44. The Balaban J connectivity index is 1.46. The van der Waals surface area contributed by atoms with Crippen molar-refractivity contribution in [3.05, 3.63) is 83.7 Å². The molecule has 0 radical (unpaired) electrons. The van der Waals surface area contributed by atoms with Crippen LogP contribution in [-0.4, -0.2) is 21.4 Å². The first kappa shape index (κ1) is 15.5. The number of hydrogen-bond acceptors (Lipinski definition) is 3. The molecule has 0 atom stereocenters. The standard InChI is InChI=1S/C19H21N3O/c23-15-17-8-6-16(7-9-17)10-12-20-14-18-11-13-22(21-18)19-4-2-1-3-5-19/h1-9,11,13,20,23H,10,12,14-15H2. The molecule has 2 aromatic carbocycles. The van der Waals surface area contributed by atoms with E-state index in [9.17, 15) is 0 Å². The van der Waals surface area contributed by atoms with Crippen LogP contribution in [0.4, 0.5) is 0 Å². The maximum atomic E-state index is 9.03. The van der Waals surface area contributed by atoms with Crippen LogP contribution in [-0.2, 0) is 19.6 Å². The Bertz CT molecular complexity index is 720. The lowest BCUT2D eigenvalue weighted by molar-refractivity contribution is 0.282. The molecule has 118 valence electrons. The smallest absolute Gasteiger partial charge is 0.0766 e. The first-order valence-electron chi connectivity index (χ1n) is 7.84. The summed E-state index contributed by atoms with van der Waals surface area (Å²) in [5.74, 6) is 0. The van der Waals surface area contributed by atoms with Crippen molar-refractivity contribution < 1.29 is 5.11 Å². The average Bonchev–Trinajstić information content (AvgIpc) is 3.09. The quantitative estimate of drug-likeness (QED) is 0.660. The average molecular weight is 307 g/mol. The van der Waals surface area contributed by atoms with Gasteiger partial charge in [0.2, 0.25) is 0 Å². The fraction of sp³-hybridized carbons (Fsp3) is 0.211. The maximum Gasteiger partial charge on any atom is 0.0766 e. The number of aliphatic hydroxyl groups excluding tert-OH is 1. The molecule has 0 aliphatic heterocycles. The molecule has 0 unspecified atom stereocenters. The third-order valence-electron chi connectivity index (χ3n) is 3.77. The van der Waals surface area contributed by atoms with Crippen molar-refractivity contribution in [3.63, 3.8) is 0 Å². The van der Waals surface area contributed by atoms with E-state index in [2.05, 4.69) is 22.5 Å². The largest absolute Gasteiger partial charge is 0.392 e. The van der Waals surface area contributed by atoms with Gasteiger partial charge in [-0.1, -0.05) is 42.5 Å². The highest BCUT2D eigenvalue weighted by atomic mass is 16.3. The van der Waals surface area contributed by atoms with Crippen molar-refractivity contribution in [1.29, 1.82) is 0 Å². The van der Waals surface area contributed by atoms with Gasteiger partial charge in [0.15, 0.2) is 0 Å². The van der Waals surface area contributed by atoms with Gasteiger partial charge in [0.1, 0.15) is 0 Å². The second kappa shape index (κ2) is 7.72. The van der Waals surface area contributed by atoms with Gasteiger partial charge in [-0.25, -0.2) is 4.68 Å². The normalized spacial score (nSPS) is 10.8. The van der Waals surface area contributed by atoms with Crippen molar-refractivity contribution in [2.75, 3.05) is 6.54 Å². The number of nitrogens with one attached hydrogen (secondary N) is 1. The minimum absolute atomic E-state index is 0.0998. The Morgan fingerprint density at radius 1 is 0.913 bits per heavy atom. The zero-order valence-electron chi connectivity index (χ0n) is 13.0. The minimum Gasteiger partial charge on any atom is -0.392 e. The molecular weight excluding hydrogens is 286 g/mol. The van der Waals surface area contributed by atoms with Crippen molar-refractivity contribution in [3.8, 4) is 5.69 Å². The van der Waals surface area contributed by atoms with Crippen LogP contribution in [0, 0.1) is 0 Å². The van der Waals surface area contributed by atoms with E-state index in [1.807, 2.05) is 59.4 Å². The minimum atomic E-state index is 0.0998. The molecule has 1 heterocycles. The van der Waals surface area contributed by atoms with Crippen molar-refractivity contribution in [1.82, 2.24) is 15.1 Å². The second-order valence-electron chi connectivity index (χ2n) is 5.49. The summed E-state index contributed by atoms with van der Waals surface area (Å²) in [6.45, 7) is 1.76. The van der Waals surface area contributed by atoms with E-state index in [4.69, 9.17) is 5.11 Å². The lowest BCUT2D eigenvalue weighted by Gasteiger charge is -2.04. The van der Waals surface area contributed by atoms with Crippen LogP contribution in [0.3, 0.4) is 0 Å². The van der Waals surface area contributed by atoms with Crippen molar-refractivity contribution in [2.24, 2.45) is 0 Å². The molecular formula is C19H21N3O. The van der Waals surface area contributed by atoms with Crippen LogP contribution < -0.4 is 5.32 Å². The topological polar surface area (TPSA) is 50.1 Å². The van der Waals surface area contributed by atoms with Gasteiger partial charge < -0.3 is 10.4 Å². The molecule has 4 heteroatoms. The molecule has 0 saturated carbocycles. The van der Waals surface area contributed by atoms with E-state index in [0.29, 0.717) is 0 Å². The number of para-hydroxylation sites is 1. The summed E-state index contributed by atoms with van der Waals surface area (Å²) in [4.78, 5) is 0. The Hall–Kier alpha value is -2.43. The van der Waals surface area contributed by atoms with E-state index >= 15 is 0 Å². The van der Waals surface area contributed by atoms with E-state index in [1.54, 1.807) is 0 Å². The van der Waals surface area contributed by atoms with Crippen LogP contribution in [0.1, 0.15) is 16.8 Å². The fourth-order valence-corrected chi connectivity index (χ4v) is 2.44. The summed E-state index contributed by atoms with van der Waals surface area (Å²) in [6.07, 6.45) is 2.95. The molecule has 0 fully saturated rings. The second-order valence-corrected chi connectivity index (χ2v) is 5.49. The Morgan fingerprint density at radius 3 is 2.39 bits per heavy atom. The van der Waals surface area contributed by atoms with Gasteiger partial charge >= 0.3 is 0 Å². The molecule has 4 nitrogen and oxygen atoms in total. The highest BCUT2D eigenvalue weighted by Gasteiger charge is 2.01. The number of benzene rings is 2. The maximum absolute atomic E-state index is 9.03. The van der Waals surface area contributed by atoms with Gasteiger partial charge in [-0.05, 0) is 42.3 Å². The third kappa shape index (κ3) is 4.28. The van der Waals surface area contributed by atoms with Crippen molar-refractivity contribution >= 4 is 0 Å². The molecule has 3 aromatic rings. The number of hydrogen-bond donors (Lipinski definition) is 2. The highest BCUT2D eigenvalue weighted by Crippen LogP contribution is 2.07. The van der Waals surface area contributed by atoms with Crippen molar-refractivity contribution in [2.45, 2.75) is 19.6 Å². The van der Waals surface area contributed by atoms with Crippen LogP contribution in [0.2, 0.25) is 0 Å². The molecule has 23 heavy (non-hydrogen) atoms. The summed E-state index contributed by atoms with van der Waals surface area (Å²) in [7, 11) is 0. The SMILES string of the molecule is OCc1ccc(CCNCc2ccn(-c3ccccc3)n2)cc1. The summed E-state index contributed by atoms with van der Waals surface area (Å²) >= 11 is 0. The molecule has 0 aliphatic carbocycles. The van der Waals surface area contributed by atoms with E-state index in [-0.39, 0.29) is 6.61 Å².